The highest BCUT2D eigenvalue weighted by Gasteiger charge is 2.16. The summed E-state index contributed by atoms with van der Waals surface area (Å²) in [6.07, 6.45) is -0.787. The van der Waals surface area contributed by atoms with E-state index in [9.17, 15) is 14.0 Å². The number of halogens is 1. The lowest BCUT2D eigenvalue weighted by Crippen LogP contribution is -2.47. The molecule has 120 valence electrons. The highest BCUT2D eigenvalue weighted by atomic mass is 19.1. The van der Waals surface area contributed by atoms with E-state index >= 15 is 0 Å². The molecule has 2 rings (SSSR count). The van der Waals surface area contributed by atoms with Crippen LogP contribution in [-0.4, -0.2) is 17.9 Å². The van der Waals surface area contributed by atoms with Crippen LogP contribution in [0.25, 0.3) is 0 Å². The topological polar surface area (TPSA) is 67.4 Å². The molecule has 0 heterocycles. The second kappa shape index (κ2) is 7.40. The zero-order chi connectivity index (χ0) is 16.8. The summed E-state index contributed by atoms with van der Waals surface area (Å²) in [6.45, 7) is 3.49. The Labute approximate surface area is 133 Å². The van der Waals surface area contributed by atoms with Crippen LogP contribution in [0, 0.1) is 12.7 Å². The fourth-order valence-electron chi connectivity index (χ4n) is 1.84. The van der Waals surface area contributed by atoms with Crippen LogP contribution in [0.15, 0.2) is 48.5 Å². The van der Waals surface area contributed by atoms with Gasteiger partial charge in [0, 0.05) is 5.56 Å². The van der Waals surface area contributed by atoms with Crippen LogP contribution in [0.3, 0.4) is 0 Å². The normalized spacial score (nSPS) is 11.4. The van der Waals surface area contributed by atoms with Gasteiger partial charge in [0.25, 0.3) is 11.8 Å². The molecule has 2 N–H and O–H groups in total. The number of rotatable bonds is 4. The van der Waals surface area contributed by atoms with Crippen molar-refractivity contribution in [2.45, 2.75) is 20.0 Å². The zero-order valence-electron chi connectivity index (χ0n) is 12.8. The summed E-state index contributed by atoms with van der Waals surface area (Å²) in [5, 5.41) is 0. The first-order chi connectivity index (χ1) is 11.0. The molecule has 0 aliphatic rings. The van der Waals surface area contributed by atoms with Crippen LogP contribution in [0.2, 0.25) is 0 Å². The molecule has 2 aromatic rings. The van der Waals surface area contributed by atoms with Gasteiger partial charge >= 0.3 is 0 Å². The Bertz CT molecular complexity index is 701. The van der Waals surface area contributed by atoms with E-state index in [0.717, 1.165) is 5.56 Å². The van der Waals surface area contributed by atoms with E-state index in [-0.39, 0.29) is 5.56 Å². The Hall–Kier alpha value is -2.89. The molecule has 0 aliphatic heterocycles. The van der Waals surface area contributed by atoms with Gasteiger partial charge in [-0.3, -0.25) is 20.4 Å². The quantitative estimate of drug-likeness (QED) is 0.851. The molecule has 1 atom stereocenters. The van der Waals surface area contributed by atoms with Crippen LogP contribution in [-0.2, 0) is 4.79 Å². The number of hydrogen-bond donors (Lipinski definition) is 2. The van der Waals surface area contributed by atoms with E-state index in [1.54, 1.807) is 19.1 Å². The minimum atomic E-state index is -0.787. The monoisotopic (exact) mass is 316 g/mol. The standard InChI is InChI=1S/C17H17FN2O3/c1-11-4-3-5-15(10-11)23-12(2)16(21)19-20-17(22)13-6-8-14(18)9-7-13/h3-10,12H,1-2H3,(H,19,21)(H,20,22). The molecule has 0 fully saturated rings. The van der Waals surface area contributed by atoms with E-state index in [0.29, 0.717) is 5.75 Å². The maximum absolute atomic E-state index is 12.8. The van der Waals surface area contributed by atoms with Gasteiger partial charge in [-0.15, -0.1) is 0 Å². The summed E-state index contributed by atoms with van der Waals surface area (Å²) in [5.41, 5.74) is 5.78. The number of hydrazine groups is 1. The first-order valence-electron chi connectivity index (χ1n) is 7.05. The molecule has 0 spiro atoms. The van der Waals surface area contributed by atoms with Crippen LogP contribution in [0.1, 0.15) is 22.8 Å². The SMILES string of the molecule is Cc1cccc(OC(C)C(=O)NNC(=O)c2ccc(F)cc2)c1. The van der Waals surface area contributed by atoms with Crippen LogP contribution in [0.4, 0.5) is 4.39 Å². The number of ether oxygens (including phenoxy) is 1. The van der Waals surface area contributed by atoms with E-state index in [1.165, 1.54) is 24.3 Å². The van der Waals surface area contributed by atoms with Crippen molar-refractivity contribution in [3.63, 3.8) is 0 Å². The summed E-state index contributed by atoms with van der Waals surface area (Å²) >= 11 is 0. The largest absolute Gasteiger partial charge is 0.481 e. The molecule has 1 unspecified atom stereocenters. The van der Waals surface area contributed by atoms with E-state index < -0.39 is 23.7 Å². The fraction of sp³-hybridized carbons (Fsp3) is 0.176. The van der Waals surface area contributed by atoms with Gasteiger partial charge in [0.05, 0.1) is 0 Å². The molecule has 0 aromatic heterocycles. The summed E-state index contributed by atoms with van der Waals surface area (Å²) in [5.74, 6) is -0.911. The predicted molar refractivity (Wildman–Crippen MR) is 83.3 cm³/mol. The Morgan fingerprint density at radius 3 is 2.43 bits per heavy atom. The van der Waals surface area contributed by atoms with Gasteiger partial charge in [-0.2, -0.15) is 0 Å². The van der Waals surface area contributed by atoms with Crippen molar-refractivity contribution in [2.24, 2.45) is 0 Å². The number of aryl methyl sites for hydroxylation is 1. The number of amides is 2. The number of carbonyl (C=O) groups is 2. The molecule has 0 saturated carbocycles. The smallest absolute Gasteiger partial charge is 0.279 e. The van der Waals surface area contributed by atoms with Gasteiger partial charge in [-0.1, -0.05) is 12.1 Å². The molecule has 2 aromatic carbocycles. The average molecular weight is 316 g/mol. The molecule has 5 nitrogen and oxygen atoms in total. The van der Waals surface area contributed by atoms with Gasteiger partial charge < -0.3 is 4.74 Å². The predicted octanol–water partition coefficient (Wildman–Crippen LogP) is 2.36. The summed E-state index contributed by atoms with van der Waals surface area (Å²) in [6, 6.07) is 12.3. The van der Waals surface area contributed by atoms with Crippen molar-refractivity contribution in [3.8, 4) is 5.75 Å². The third kappa shape index (κ3) is 4.81. The first-order valence-corrected chi connectivity index (χ1v) is 7.05. The Balaban J connectivity index is 1.86. The van der Waals surface area contributed by atoms with Crippen molar-refractivity contribution in [1.29, 1.82) is 0 Å². The van der Waals surface area contributed by atoms with Gasteiger partial charge in [0.15, 0.2) is 6.10 Å². The lowest BCUT2D eigenvalue weighted by molar-refractivity contribution is -0.128. The Morgan fingerprint density at radius 2 is 1.78 bits per heavy atom. The van der Waals surface area contributed by atoms with E-state index in [2.05, 4.69) is 10.9 Å². The lowest BCUT2D eigenvalue weighted by Gasteiger charge is -2.15. The summed E-state index contributed by atoms with van der Waals surface area (Å²) < 4.78 is 18.3. The summed E-state index contributed by atoms with van der Waals surface area (Å²) in [7, 11) is 0. The Kier molecular flexibility index (Phi) is 5.30. The number of benzene rings is 2. The number of nitrogens with one attached hydrogen (secondary N) is 2. The zero-order valence-corrected chi connectivity index (χ0v) is 12.8. The second-order valence-electron chi connectivity index (χ2n) is 5.03. The summed E-state index contributed by atoms with van der Waals surface area (Å²) in [4.78, 5) is 23.7. The van der Waals surface area contributed by atoms with E-state index in [4.69, 9.17) is 4.74 Å². The van der Waals surface area contributed by atoms with Crippen molar-refractivity contribution < 1.29 is 18.7 Å². The molecule has 0 saturated heterocycles. The van der Waals surface area contributed by atoms with Gasteiger partial charge in [-0.25, -0.2) is 4.39 Å². The van der Waals surface area contributed by atoms with Crippen molar-refractivity contribution in [2.75, 3.05) is 0 Å². The third-order valence-electron chi connectivity index (χ3n) is 3.08. The molecule has 0 radical (unpaired) electrons. The molecule has 23 heavy (non-hydrogen) atoms. The molecule has 0 aliphatic carbocycles. The fourth-order valence-corrected chi connectivity index (χ4v) is 1.84. The highest BCUT2D eigenvalue weighted by Crippen LogP contribution is 2.14. The van der Waals surface area contributed by atoms with Gasteiger partial charge in [0.1, 0.15) is 11.6 Å². The van der Waals surface area contributed by atoms with Crippen molar-refractivity contribution in [3.05, 3.63) is 65.5 Å². The maximum Gasteiger partial charge on any atom is 0.279 e. The van der Waals surface area contributed by atoms with Gasteiger partial charge in [-0.05, 0) is 55.8 Å². The van der Waals surface area contributed by atoms with Gasteiger partial charge in [0.2, 0.25) is 0 Å². The first kappa shape index (κ1) is 16.5. The van der Waals surface area contributed by atoms with Crippen LogP contribution < -0.4 is 15.6 Å². The number of hydrogen-bond acceptors (Lipinski definition) is 3. The minimum Gasteiger partial charge on any atom is -0.481 e. The average Bonchev–Trinajstić information content (AvgIpc) is 2.53. The lowest BCUT2D eigenvalue weighted by atomic mass is 10.2. The van der Waals surface area contributed by atoms with Crippen LogP contribution >= 0.6 is 0 Å². The van der Waals surface area contributed by atoms with Crippen molar-refractivity contribution in [1.82, 2.24) is 10.9 Å². The highest BCUT2D eigenvalue weighted by molar-refractivity contribution is 5.95. The molecular weight excluding hydrogens is 299 g/mol. The van der Waals surface area contributed by atoms with Crippen molar-refractivity contribution >= 4 is 11.8 Å². The molecule has 2 amide bonds. The maximum atomic E-state index is 12.8. The molecular formula is C17H17FN2O3. The minimum absolute atomic E-state index is 0.235. The molecule has 0 bridgehead atoms. The third-order valence-corrected chi connectivity index (χ3v) is 3.08. The second-order valence-corrected chi connectivity index (χ2v) is 5.03. The van der Waals surface area contributed by atoms with Crippen LogP contribution in [0.5, 0.6) is 5.75 Å². The number of carbonyl (C=O) groups excluding carboxylic acids is 2. The Morgan fingerprint density at radius 1 is 1.09 bits per heavy atom. The molecule has 6 heteroatoms. The van der Waals surface area contributed by atoms with E-state index in [1.807, 2.05) is 19.1 Å².